The van der Waals surface area contributed by atoms with Crippen molar-refractivity contribution in [3.63, 3.8) is 0 Å². The van der Waals surface area contributed by atoms with E-state index < -0.39 is 0 Å². The number of benzene rings is 1. The van der Waals surface area contributed by atoms with Gasteiger partial charge in [-0.1, -0.05) is 12.1 Å². The van der Waals surface area contributed by atoms with Crippen molar-refractivity contribution in [3.05, 3.63) is 42.8 Å². The van der Waals surface area contributed by atoms with E-state index in [4.69, 9.17) is 4.42 Å². The molecular weight excluding hydrogens is 306 g/mol. The third kappa shape index (κ3) is 3.02. The zero-order chi connectivity index (χ0) is 16.4. The van der Waals surface area contributed by atoms with E-state index in [-0.39, 0.29) is 11.8 Å². The van der Waals surface area contributed by atoms with Crippen LogP contribution in [0.2, 0.25) is 0 Å². The topological polar surface area (TPSA) is 77.1 Å². The van der Waals surface area contributed by atoms with Crippen molar-refractivity contribution in [2.45, 2.75) is 31.7 Å². The first-order valence-corrected chi connectivity index (χ1v) is 8.25. The van der Waals surface area contributed by atoms with Gasteiger partial charge in [0.15, 0.2) is 11.5 Å². The molecule has 1 amide bonds. The van der Waals surface area contributed by atoms with Gasteiger partial charge in [0.05, 0.1) is 6.54 Å². The Kier molecular flexibility index (Phi) is 3.98. The predicted molar refractivity (Wildman–Crippen MR) is 87.2 cm³/mol. The van der Waals surface area contributed by atoms with Gasteiger partial charge in [-0.25, -0.2) is 9.97 Å². The minimum atomic E-state index is 0.168. The van der Waals surface area contributed by atoms with Crippen molar-refractivity contribution in [2.75, 3.05) is 13.1 Å². The molecule has 0 bridgehead atoms. The number of amides is 1. The lowest BCUT2D eigenvalue weighted by Crippen LogP contribution is -2.38. The van der Waals surface area contributed by atoms with E-state index in [9.17, 15) is 4.79 Å². The lowest BCUT2D eigenvalue weighted by molar-refractivity contribution is -0.132. The van der Waals surface area contributed by atoms with Crippen LogP contribution in [0.25, 0.3) is 11.1 Å². The van der Waals surface area contributed by atoms with Gasteiger partial charge in [0.1, 0.15) is 18.2 Å². The second kappa shape index (κ2) is 6.43. The molecule has 7 heteroatoms. The van der Waals surface area contributed by atoms with Gasteiger partial charge in [-0.2, -0.15) is 5.10 Å². The van der Waals surface area contributed by atoms with E-state index in [1.54, 1.807) is 11.0 Å². The van der Waals surface area contributed by atoms with E-state index in [1.807, 2.05) is 29.2 Å². The van der Waals surface area contributed by atoms with E-state index in [0.29, 0.717) is 13.0 Å². The second-order valence-corrected chi connectivity index (χ2v) is 6.08. The number of likely N-dealkylation sites (tertiary alicyclic amines) is 1. The number of oxazole rings is 1. The fraction of sp³-hybridized carbons (Fsp3) is 0.412. The van der Waals surface area contributed by atoms with Crippen molar-refractivity contribution in [1.29, 1.82) is 0 Å². The Labute approximate surface area is 139 Å². The summed E-state index contributed by atoms with van der Waals surface area (Å²) in [5.74, 6) is 1.25. The molecule has 3 heterocycles. The lowest BCUT2D eigenvalue weighted by Gasteiger charge is -2.30. The Morgan fingerprint density at radius 2 is 2.08 bits per heavy atom. The van der Waals surface area contributed by atoms with Crippen LogP contribution in [0, 0.1) is 0 Å². The highest BCUT2D eigenvalue weighted by Crippen LogP contribution is 2.30. The molecule has 0 unspecified atom stereocenters. The van der Waals surface area contributed by atoms with Gasteiger partial charge in [-0.3, -0.25) is 9.48 Å². The van der Waals surface area contributed by atoms with Crippen LogP contribution in [0.15, 0.2) is 41.3 Å². The Bertz CT molecular complexity index is 786. The fourth-order valence-corrected chi connectivity index (χ4v) is 3.16. The van der Waals surface area contributed by atoms with E-state index in [2.05, 4.69) is 15.1 Å². The molecule has 124 valence electrons. The molecule has 0 spiro atoms. The zero-order valence-corrected chi connectivity index (χ0v) is 13.3. The van der Waals surface area contributed by atoms with Crippen LogP contribution in [0.5, 0.6) is 0 Å². The highest BCUT2D eigenvalue weighted by Gasteiger charge is 2.26. The molecule has 4 rings (SSSR count). The number of fused-ring (bicyclic) bond motifs is 1. The fourth-order valence-electron chi connectivity index (χ4n) is 3.16. The predicted octanol–water partition coefficient (Wildman–Crippen LogP) is 2.22. The standard InChI is InChI=1S/C17H19N5O2/c23-16(7-10-22-12-18-11-19-22)21-8-5-13(6-9-21)17-20-14-3-1-2-4-15(14)24-17/h1-4,11-13H,5-10H2. The summed E-state index contributed by atoms with van der Waals surface area (Å²) >= 11 is 0. The van der Waals surface area contributed by atoms with Gasteiger partial charge in [-0.05, 0) is 25.0 Å². The van der Waals surface area contributed by atoms with Crippen molar-refractivity contribution in [2.24, 2.45) is 0 Å². The van der Waals surface area contributed by atoms with Crippen LogP contribution >= 0.6 is 0 Å². The van der Waals surface area contributed by atoms with Crippen LogP contribution in [-0.4, -0.2) is 43.6 Å². The second-order valence-electron chi connectivity index (χ2n) is 6.08. The number of piperidine rings is 1. The maximum Gasteiger partial charge on any atom is 0.224 e. The van der Waals surface area contributed by atoms with Gasteiger partial charge in [0, 0.05) is 25.4 Å². The Morgan fingerprint density at radius 3 is 2.83 bits per heavy atom. The van der Waals surface area contributed by atoms with E-state index in [0.717, 1.165) is 42.9 Å². The molecule has 7 nitrogen and oxygen atoms in total. The lowest BCUT2D eigenvalue weighted by atomic mass is 9.96. The molecule has 1 fully saturated rings. The van der Waals surface area contributed by atoms with Crippen LogP contribution in [-0.2, 0) is 11.3 Å². The highest BCUT2D eigenvalue weighted by molar-refractivity contribution is 5.76. The van der Waals surface area contributed by atoms with Gasteiger partial charge in [0.2, 0.25) is 5.91 Å². The van der Waals surface area contributed by atoms with Crippen LogP contribution in [0.3, 0.4) is 0 Å². The Morgan fingerprint density at radius 1 is 1.25 bits per heavy atom. The number of para-hydroxylation sites is 2. The number of nitrogens with zero attached hydrogens (tertiary/aromatic N) is 5. The number of hydrogen-bond donors (Lipinski definition) is 0. The summed E-state index contributed by atoms with van der Waals surface area (Å²) in [6.45, 7) is 2.07. The summed E-state index contributed by atoms with van der Waals surface area (Å²) in [6.07, 6.45) is 5.35. The summed E-state index contributed by atoms with van der Waals surface area (Å²) in [6, 6.07) is 7.82. The van der Waals surface area contributed by atoms with Gasteiger partial charge < -0.3 is 9.32 Å². The van der Waals surface area contributed by atoms with Crippen molar-refractivity contribution in [3.8, 4) is 0 Å². The highest BCUT2D eigenvalue weighted by atomic mass is 16.3. The minimum Gasteiger partial charge on any atom is -0.440 e. The summed E-state index contributed by atoms with van der Waals surface area (Å²) in [7, 11) is 0. The average molecular weight is 325 g/mol. The number of carbonyl (C=O) groups is 1. The number of carbonyl (C=O) groups excluding carboxylic acids is 1. The largest absolute Gasteiger partial charge is 0.440 e. The SMILES string of the molecule is O=C(CCn1cncn1)N1CCC(c2nc3ccccc3o2)CC1. The van der Waals surface area contributed by atoms with Gasteiger partial charge in [-0.15, -0.1) is 0 Å². The summed E-state index contributed by atoms with van der Waals surface area (Å²) in [4.78, 5) is 22.7. The molecule has 1 aromatic carbocycles. The maximum absolute atomic E-state index is 12.3. The molecule has 1 aliphatic rings. The van der Waals surface area contributed by atoms with E-state index in [1.165, 1.54) is 6.33 Å². The maximum atomic E-state index is 12.3. The Balaban J connectivity index is 1.33. The zero-order valence-electron chi connectivity index (χ0n) is 13.3. The van der Waals surface area contributed by atoms with Crippen LogP contribution < -0.4 is 0 Å². The summed E-state index contributed by atoms with van der Waals surface area (Å²) in [5, 5.41) is 4.02. The third-order valence-corrected chi connectivity index (χ3v) is 4.53. The normalized spacial score (nSPS) is 15.9. The molecular formula is C17H19N5O2. The average Bonchev–Trinajstić information content (AvgIpc) is 3.29. The molecule has 24 heavy (non-hydrogen) atoms. The Hall–Kier alpha value is -2.70. The van der Waals surface area contributed by atoms with Gasteiger partial charge in [0.25, 0.3) is 0 Å². The third-order valence-electron chi connectivity index (χ3n) is 4.53. The smallest absolute Gasteiger partial charge is 0.224 e. The quantitative estimate of drug-likeness (QED) is 0.735. The molecule has 0 atom stereocenters. The van der Waals surface area contributed by atoms with Crippen LogP contribution in [0.4, 0.5) is 0 Å². The first kappa shape index (κ1) is 14.9. The summed E-state index contributed by atoms with van der Waals surface area (Å²) in [5.41, 5.74) is 1.73. The number of rotatable bonds is 4. The van der Waals surface area contributed by atoms with Crippen LogP contribution in [0.1, 0.15) is 31.1 Å². The monoisotopic (exact) mass is 325 g/mol. The number of aromatic nitrogens is 4. The molecule has 0 saturated carbocycles. The molecule has 0 aliphatic carbocycles. The molecule has 0 radical (unpaired) electrons. The number of aryl methyl sites for hydroxylation is 1. The first-order valence-electron chi connectivity index (χ1n) is 8.25. The number of hydrogen-bond acceptors (Lipinski definition) is 5. The summed E-state index contributed by atoms with van der Waals surface area (Å²) < 4.78 is 7.55. The molecule has 2 aromatic heterocycles. The van der Waals surface area contributed by atoms with Crippen molar-refractivity contribution in [1.82, 2.24) is 24.6 Å². The minimum absolute atomic E-state index is 0.168. The first-order chi connectivity index (χ1) is 11.8. The molecule has 1 aliphatic heterocycles. The molecule has 3 aromatic rings. The molecule has 1 saturated heterocycles. The van der Waals surface area contributed by atoms with Crippen molar-refractivity contribution < 1.29 is 9.21 Å². The van der Waals surface area contributed by atoms with Crippen molar-refractivity contribution >= 4 is 17.0 Å². The van der Waals surface area contributed by atoms with Gasteiger partial charge >= 0.3 is 0 Å². The van der Waals surface area contributed by atoms with E-state index >= 15 is 0 Å². The molecule has 0 N–H and O–H groups in total.